The summed E-state index contributed by atoms with van der Waals surface area (Å²) in [5, 5.41) is 3.62. The Morgan fingerprint density at radius 3 is 2.11 bits per heavy atom. The van der Waals surface area contributed by atoms with Gasteiger partial charge in [0.15, 0.2) is 0 Å². The number of epoxide rings is 1. The zero-order chi connectivity index (χ0) is 12.9. The van der Waals surface area contributed by atoms with Gasteiger partial charge in [-0.05, 0) is 17.5 Å². The minimum Gasteiger partial charge on any atom is -0.371 e. The van der Waals surface area contributed by atoms with Gasteiger partial charge in [-0.3, -0.25) is 0 Å². The van der Waals surface area contributed by atoms with Crippen LogP contribution in [0.1, 0.15) is 11.1 Å². The van der Waals surface area contributed by atoms with Crippen LogP contribution in [0.2, 0.25) is 0 Å². The van der Waals surface area contributed by atoms with Gasteiger partial charge < -0.3 is 10.1 Å². The van der Waals surface area contributed by atoms with Crippen molar-refractivity contribution in [2.45, 2.75) is 25.1 Å². The van der Waals surface area contributed by atoms with E-state index < -0.39 is 0 Å². The Morgan fingerprint density at radius 2 is 1.53 bits per heavy atom. The third-order valence-electron chi connectivity index (χ3n) is 3.52. The summed E-state index contributed by atoms with van der Waals surface area (Å²) in [5.41, 5.74) is 2.68. The third-order valence-corrected chi connectivity index (χ3v) is 3.52. The summed E-state index contributed by atoms with van der Waals surface area (Å²) in [6, 6.07) is 21.5. The molecule has 0 amide bonds. The van der Waals surface area contributed by atoms with Crippen LogP contribution in [0.5, 0.6) is 0 Å². The van der Waals surface area contributed by atoms with E-state index in [9.17, 15) is 0 Å². The van der Waals surface area contributed by atoms with E-state index in [1.54, 1.807) is 0 Å². The largest absolute Gasteiger partial charge is 0.371 e. The van der Waals surface area contributed by atoms with Crippen molar-refractivity contribution in [1.82, 2.24) is 5.32 Å². The van der Waals surface area contributed by atoms with Crippen molar-refractivity contribution >= 4 is 0 Å². The van der Waals surface area contributed by atoms with Crippen molar-refractivity contribution in [3.63, 3.8) is 0 Å². The van der Waals surface area contributed by atoms with Crippen LogP contribution < -0.4 is 5.32 Å². The second-order valence-corrected chi connectivity index (χ2v) is 5.03. The molecular formula is C17H19NO. The van der Waals surface area contributed by atoms with Crippen molar-refractivity contribution in [3.8, 4) is 0 Å². The van der Waals surface area contributed by atoms with E-state index in [0.717, 1.165) is 19.6 Å². The van der Waals surface area contributed by atoms with Crippen LogP contribution in [0.15, 0.2) is 60.7 Å². The molecule has 98 valence electrons. The van der Waals surface area contributed by atoms with Crippen molar-refractivity contribution in [2.75, 3.05) is 6.61 Å². The van der Waals surface area contributed by atoms with Crippen LogP contribution in [-0.2, 0) is 17.7 Å². The molecular weight excluding hydrogens is 234 g/mol. The molecule has 1 aliphatic rings. The molecule has 0 bridgehead atoms. The normalized spacial score (nSPS) is 19.1. The van der Waals surface area contributed by atoms with E-state index in [0.29, 0.717) is 12.1 Å². The fraction of sp³-hybridized carbons (Fsp3) is 0.294. The van der Waals surface area contributed by atoms with E-state index in [-0.39, 0.29) is 0 Å². The highest BCUT2D eigenvalue weighted by molar-refractivity contribution is 5.18. The van der Waals surface area contributed by atoms with Gasteiger partial charge in [0.05, 0.1) is 12.7 Å². The average Bonchev–Trinajstić information content (AvgIpc) is 3.30. The van der Waals surface area contributed by atoms with E-state index >= 15 is 0 Å². The molecule has 1 heterocycles. The maximum atomic E-state index is 5.47. The minimum atomic E-state index is 0.379. The van der Waals surface area contributed by atoms with Gasteiger partial charge >= 0.3 is 0 Å². The first-order valence-electron chi connectivity index (χ1n) is 6.84. The molecule has 0 saturated carbocycles. The smallest absolute Gasteiger partial charge is 0.0965 e. The van der Waals surface area contributed by atoms with Crippen LogP contribution in [0.3, 0.4) is 0 Å². The van der Waals surface area contributed by atoms with Crippen LogP contribution in [0, 0.1) is 0 Å². The SMILES string of the molecule is c1ccc(CN[C@H](Cc2ccccc2)[C@@H]2CO2)cc1. The molecule has 2 aromatic carbocycles. The van der Waals surface area contributed by atoms with Gasteiger partial charge in [0.1, 0.15) is 0 Å². The molecule has 2 nitrogen and oxygen atoms in total. The average molecular weight is 253 g/mol. The zero-order valence-corrected chi connectivity index (χ0v) is 11.0. The van der Waals surface area contributed by atoms with Gasteiger partial charge in [0.25, 0.3) is 0 Å². The number of benzene rings is 2. The monoisotopic (exact) mass is 253 g/mol. The summed E-state index contributed by atoms with van der Waals surface area (Å²) in [4.78, 5) is 0. The lowest BCUT2D eigenvalue weighted by molar-refractivity contribution is 0.337. The molecule has 1 N–H and O–H groups in total. The van der Waals surface area contributed by atoms with Gasteiger partial charge in [-0.1, -0.05) is 60.7 Å². The molecule has 3 rings (SSSR count). The first-order chi connectivity index (χ1) is 9.42. The van der Waals surface area contributed by atoms with Crippen LogP contribution in [0.4, 0.5) is 0 Å². The Bertz CT molecular complexity index is 493. The Balaban J connectivity index is 1.59. The highest BCUT2D eigenvalue weighted by Crippen LogP contribution is 2.18. The third kappa shape index (κ3) is 3.66. The molecule has 0 aliphatic carbocycles. The first-order valence-corrected chi connectivity index (χ1v) is 6.84. The highest BCUT2D eigenvalue weighted by Gasteiger charge is 2.32. The standard InChI is InChI=1S/C17H19NO/c1-3-7-14(8-4-1)11-16(17-13-19-17)18-12-15-9-5-2-6-10-15/h1-10,16-18H,11-13H2/t16-,17+/m1/s1. The second kappa shape index (κ2) is 6.00. The number of hydrogen-bond donors (Lipinski definition) is 1. The number of nitrogens with one attached hydrogen (secondary N) is 1. The van der Waals surface area contributed by atoms with Gasteiger partial charge in [0.2, 0.25) is 0 Å². The van der Waals surface area contributed by atoms with Gasteiger partial charge in [-0.15, -0.1) is 0 Å². The van der Waals surface area contributed by atoms with Crippen molar-refractivity contribution in [2.24, 2.45) is 0 Å². The van der Waals surface area contributed by atoms with Crippen LogP contribution in [0.25, 0.3) is 0 Å². The maximum absolute atomic E-state index is 5.47. The predicted molar refractivity (Wildman–Crippen MR) is 77.0 cm³/mol. The lowest BCUT2D eigenvalue weighted by Gasteiger charge is -2.17. The van der Waals surface area contributed by atoms with E-state index in [1.165, 1.54) is 11.1 Å². The summed E-state index contributed by atoms with van der Waals surface area (Å²) in [5.74, 6) is 0. The van der Waals surface area contributed by atoms with Gasteiger partial charge in [-0.25, -0.2) is 0 Å². The summed E-state index contributed by atoms with van der Waals surface area (Å²) < 4.78 is 5.47. The highest BCUT2D eigenvalue weighted by atomic mass is 16.6. The molecule has 0 unspecified atom stereocenters. The molecule has 0 aromatic heterocycles. The zero-order valence-electron chi connectivity index (χ0n) is 11.0. The molecule has 2 aromatic rings. The molecule has 19 heavy (non-hydrogen) atoms. The predicted octanol–water partition coefficient (Wildman–Crippen LogP) is 2.79. The Morgan fingerprint density at radius 1 is 0.947 bits per heavy atom. The molecule has 0 radical (unpaired) electrons. The van der Waals surface area contributed by atoms with E-state index in [1.807, 2.05) is 0 Å². The van der Waals surface area contributed by atoms with Crippen molar-refractivity contribution in [3.05, 3.63) is 71.8 Å². The Kier molecular flexibility index (Phi) is 3.92. The van der Waals surface area contributed by atoms with Crippen LogP contribution in [-0.4, -0.2) is 18.8 Å². The van der Waals surface area contributed by atoms with E-state index in [4.69, 9.17) is 4.74 Å². The number of hydrogen-bond acceptors (Lipinski definition) is 2. The van der Waals surface area contributed by atoms with Gasteiger partial charge in [0, 0.05) is 12.6 Å². The summed E-state index contributed by atoms with van der Waals surface area (Å²) in [6.45, 7) is 1.79. The molecule has 1 aliphatic heterocycles. The Labute approximate surface area is 114 Å². The van der Waals surface area contributed by atoms with Crippen molar-refractivity contribution in [1.29, 1.82) is 0 Å². The Hall–Kier alpha value is -1.64. The summed E-state index contributed by atoms with van der Waals surface area (Å²) in [6.07, 6.45) is 1.40. The fourth-order valence-electron chi connectivity index (χ4n) is 2.34. The molecule has 1 fully saturated rings. The second-order valence-electron chi connectivity index (χ2n) is 5.03. The number of ether oxygens (including phenoxy) is 1. The quantitative estimate of drug-likeness (QED) is 0.801. The lowest BCUT2D eigenvalue weighted by atomic mass is 10.0. The fourth-order valence-corrected chi connectivity index (χ4v) is 2.34. The molecule has 2 atom stereocenters. The topological polar surface area (TPSA) is 24.6 Å². The van der Waals surface area contributed by atoms with E-state index in [2.05, 4.69) is 66.0 Å². The first kappa shape index (κ1) is 12.4. The molecule has 0 spiro atoms. The number of rotatable bonds is 6. The van der Waals surface area contributed by atoms with Gasteiger partial charge in [-0.2, -0.15) is 0 Å². The lowest BCUT2D eigenvalue weighted by Crippen LogP contribution is -2.35. The van der Waals surface area contributed by atoms with Crippen LogP contribution >= 0.6 is 0 Å². The summed E-state index contributed by atoms with van der Waals surface area (Å²) >= 11 is 0. The molecule has 1 saturated heterocycles. The molecule has 2 heteroatoms. The maximum Gasteiger partial charge on any atom is 0.0965 e. The summed E-state index contributed by atoms with van der Waals surface area (Å²) in [7, 11) is 0. The minimum absolute atomic E-state index is 0.379. The van der Waals surface area contributed by atoms with Crippen molar-refractivity contribution < 1.29 is 4.74 Å².